The van der Waals surface area contributed by atoms with Gasteiger partial charge < -0.3 is 5.32 Å². The predicted molar refractivity (Wildman–Crippen MR) is 94.5 cm³/mol. The Morgan fingerprint density at radius 1 is 1.18 bits per heavy atom. The van der Waals surface area contributed by atoms with Gasteiger partial charge in [-0.1, -0.05) is 47.5 Å². The molecule has 3 nitrogen and oxygen atoms in total. The minimum absolute atomic E-state index is 0.238. The summed E-state index contributed by atoms with van der Waals surface area (Å²) in [5, 5.41) is 6.97. The van der Waals surface area contributed by atoms with Gasteiger partial charge in [-0.3, -0.25) is 10.1 Å². The number of carbonyl (C=O) groups is 1. The van der Waals surface area contributed by atoms with Crippen LogP contribution >= 0.6 is 35.4 Å². The zero-order chi connectivity index (χ0) is 16.1. The van der Waals surface area contributed by atoms with Gasteiger partial charge in [0.1, 0.15) is 0 Å². The predicted octanol–water partition coefficient (Wildman–Crippen LogP) is 4.11. The Bertz CT molecular complexity index is 719. The largest absolute Gasteiger partial charge is 0.358 e. The zero-order valence-corrected chi connectivity index (χ0v) is 14.1. The van der Waals surface area contributed by atoms with Gasteiger partial charge in [-0.05, 0) is 48.5 Å². The van der Waals surface area contributed by atoms with E-state index in [0.29, 0.717) is 22.2 Å². The molecule has 2 rings (SSSR count). The Morgan fingerprint density at radius 2 is 1.91 bits per heavy atom. The van der Waals surface area contributed by atoms with E-state index in [4.69, 9.17) is 35.4 Å². The van der Waals surface area contributed by atoms with Crippen LogP contribution in [0, 0.1) is 6.92 Å². The van der Waals surface area contributed by atoms with Crippen LogP contribution in [0.25, 0.3) is 0 Å². The van der Waals surface area contributed by atoms with E-state index in [-0.39, 0.29) is 11.0 Å². The van der Waals surface area contributed by atoms with Crippen LogP contribution in [-0.2, 0) is 6.54 Å². The number of aryl methyl sites for hydroxylation is 1. The molecule has 0 heterocycles. The summed E-state index contributed by atoms with van der Waals surface area (Å²) in [5.74, 6) is -0.238. The summed E-state index contributed by atoms with van der Waals surface area (Å²) in [7, 11) is 0. The molecule has 114 valence electrons. The van der Waals surface area contributed by atoms with E-state index >= 15 is 0 Å². The Labute approximate surface area is 144 Å². The topological polar surface area (TPSA) is 41.1 Å². The van der Waals surface area contributed by atoms with Gasteiger partial charge in [0.2, 0.25) is 0 Å². The second-order valence-corrected chi connectivity index (χ2v) is 5.94. The molecule has 0 atom stereocenters. The molecule has 2 aromatic carbocycles. The first kappa shape index (κ1) is 16.7. The third-order valence-electron chi connectivity index (χ3n) is 3.07. The van der Waals surface area contributed by atoms with Crippen molar-refractivity contribution in [2.75, 3.05) is 0 Å². The number of hydrogen-bond donors (Lipinski definition) is 2. The summed E-state index contributed by atoms with van der Waals surface area (Å²) < 4.78 is 0. The van der Waals surface area contributed by atoms with Crippen LogP contribution < -0.4 is 10.6 Å². The van der Waals surface area contributed by atoms with Gasteiger partial charge in [-0.2, -0.15) is 0 Å². The standard InChI is InChI=1S/C16H14Cl2N2OS/c1-10-4-2-3-5-13(10)15(21)20-16(22)19-9-11-6-7-12(17)8-14(11)18/h2-8H,9H2,1H3,(H2,19,20,21,22). The van der Waals surface area contributed by atoms with Crippen molar-refractivity contribution in [1.29, 1.82) is 0 Å². The van der Waals surface area contributed by atoms with E-state index in [9.17, 15) is 4.79 Å². The van der Waals surface area contributed by atoms with Crippen LogP contribution in [0.4, 0.5) is 0 Å². The molecule has 0 bridgehead atoms. The summed E-state index contributed by atoms with van der Waals surface area (Å²) in [6, 6.07) is 12.5. The van der Waals surface area contributed by atoms with Crippen LogP contribution in [0.15, 0.2) is 42.5 Å². The van der Waals surface area contributed by atoms with E-state index in [1.807, 2.05) is 31.2 Å². The first-order chi connectivity index (χ1) is 10.5. The first-order valence-corrected chi connectivity index (χ1v) is 7.72. The molecule has 0 spiro atoms. The second-order valence-electron chi connectivity index (χ2n) is 4.69. The van der Waals surface area contributed by atoms with Crippen molar-refractivity contribution in [3.05, 3.63) is 69.2 Å². The molecule has 0 aliphatic heterocycles. The molecule has 0 fully saturated rings. The smallest absolute Gasteiger partial charge is 0.257 e. The second kappa shape index (κ2) is 7.58. The fraction of sp³-hybridized carbons (Fsp3) is 0.125. The van der Waals surface area contributed by atoms with Crippen LogP contribution in [0.2, 0.25) is 10.0 Å². The number of benzene rings is 2. The third-order valence-corrected chi connectivity index (χ3v) is 3.90. The van der Waals surface area contributed by atoms with Crippen molar-refractivity contribution >= 4 is 46.4 Å². The molecule has 0 unspecified atom stereocenters. The lowest BCUT2D eigenvalue weighted by Crippen LogP contribution is -2.39. The number of thiocarbonyl (C=S) groups is 1. The number of halogens is 2. The Balaban J connectivity index is 1.93. The van der Waals surface area contributed by atoms with E-state index in [0.717, 1.165) is 11.1 Å². The molecule has 2 aromatic rings. The van der Waals surface area contributed by atoms with Gasteiger partial charge >= 0.3 is 0 Å². The molecule has 0 saturated heterocycles. The monoisotopic (exact) mass is 352 g/mol. The van der Waals surface area contributed by atoms with Crippen molar-refractivity contribution in [3.63, 3.8) is 0 Å². The molecule has 2 N–H and O–H groups in total. The number of nitrogens with one attached hydrogen (secondary N) is 2. The highest BCUT2D eigenvalue weighted by molar-refractivity contribution is 7.80. The molecule has 0 aliphatic carbocycles. The van der Waals surface area contributed by atoms with Gasteiger partial charge in [0, 0.05) is 22.2 Å². The molecule has 6 heteroatoms. The average Bonchev–Trinajstić information content (AvgIpc) is 2.46. The molecule has 0 aromatic heterocycles. The highest BCUT2D eigenvalue weighted by atomic mass is 35.5. The maximum absolute atomic E-state index is 12.1. The van der Waals surface area contributed by atoms with E-state index in [2.05, 4.69) is 10.6 Å². The van der Waals surface area contributed by atoms with Crippen LogP contribution in [0.5, 0.6) is 0 Å². The minimum Gasteiger partial charge on any atom is -0.358 e. The molecule has 0 radical (unpaired) electrons. The maximum atomic E-state index is 12.1. The van der Waals surface area contributed by atoms with E-state index in [1.54, 1.807) is 18.2 Å². The van der Waals surface area contributed by atoms with Gasteiger partial charge in [0.05, 0.1) is 0 Å². The molecule has 22 heavy (non-hydrogen) atoms. The Morgan fingerprint density at radius 3 is 2.59 bits per heavy atom. The fourth-order valence-electron chi connectivity index (χ4n) is 1.88. The normalized spacial score (nSPS) is 10.1. The number of amides is 1. The van der Waals surface area contributed by atoms with Gasteiger partial charge in [0.15, 0.2) is 5.11 Å². The van der Waals surface area contributed by atoms with Crippen LogP contribution in [0.1, 0.15) is 21.5 Å². The lowest BCUT2D eigenvalue weighted by molar-refractivity contribution is 0.0976. The first-order valence-electron chi connectivity index (χ1n) is 6.56. The quantitative estimate of drug-likeness (QED) is 0.816. The van der Waals surface area contributed by atoms with Crippen molar-refractivity contribution in [2.45, 2.75) is 13.5 Å². The zero-order valence-electron chi connectivity index (χ0n) is 11.8. The summed E-state index contributed by atoms with van der Waals surface area (Å²) in [4.78, 5) is 12.1. The lowest BCUT2D eigenvalue weighted by atomic mass is 10.1. The third kappa shape index (κ3) is 4.44. The van der Waals surface area contributed by atoms with Crippen molar-refractivity contribution in [3.8, 4) is 0 Å². The van der Waals surface area contributed by atoms with Crippen molar-refractivity contribution < 1.29 is 4.79 Å². The molecular weight excluding hydrogens is 339 g/mol. The van der Waals surface area contributed by atoms with Gasteiger partial charge in [-0.25, -0.2) is 0 Å². The number of rotatable bonds is 3. The Hall–Kier alpha value is -1.62. The van der Waals surface area contributed by atoms with Crippen LogP contribution in [0.3, 0.4) is 0 Å². The summed E-state index contributed by atoms with van der Waals surface area (Å²) in [6.07, 6.45) is 0. The lowest BCUT2D eigenvalue weighted by Gasteiger charge is -2.11. The highest BCUT2D eigenvalue weighted by Gasteiger charge is 2.10. The minimum atomic E-state index is -0.238. The van der Waals surface area contributed by atoms with Gasteiger partial charge in [-0.15, -0.1) is 0 Å². The summed E-state index contributed by atoms with van der Waals surface area (Å²) in [5.41, 5.74) is 2.33. The molecule has 1 amide bonds. The SMILES string of the molecule is Cc1ccccc1C(=O)NC(=S)NCc1ccc(Cl)cc1Cl. The summed E-state index contributed by atoms with van der Waals surface area (Å²) >= 11 is 17.1. The van der Waals surface area contributed by atoms with E-state index in [1.165, 1.54) is 0 Å². The van der Waals surface area contributed by atoms with Crippen molar-refractivity contribution in [2.24, 2.45) is 0 Å². The highest BCUT2D eigenvalue weighted by Crippen LogP contribution is 2.20. The average molecular weight is 353 g/mol. The number of carbonyl (C=O) groups excluding carboxylic acids is 1. The number of hydrogen-bond acceptors (Lipinski definition) is 2. The molecule has 0 saturated carbocycles. The van der Waals surface area contributed by atoms with Gasteiger partial charge in [0.25, 0.3) is 5.91 Å². The molecule has 0 aliphatic rings. The molecular formula is C16H14Cl2N2OS. The van der Waals surface area contributed by atoms with Crippen LogP contribution in [-0.4, -0.2) is 11.0 Å². The Kier molecular flexibility index (Phi) is 5.77. The van der Waals surface area contributed by atoms with E-state index < -0.39 is 0 Å². The maximum Gasteiger partial charge on any atom is 0.257 e. The fourth-order valence-corrected chi connectivity index (χ4v) is 2.52. The summed E-state index contributed by atoms with van der Waals surface area (Å²) in [6.45, 7) is 2.28. The van der Waals surface area contributed by atoms with Crippen molar-refractivity contribution in [1.82, 2.24) is 10.6 Å².